The van der Waals surface area contributed by atoms with Gasteiger partial charge >= 0.3 is 7.82 Å². The number of carbonyl (C=O) groups is 1. The molecule has 4 aromatic heterocycles. The molecule has 7 N–H and O–H groups in total. The Labute approximate surface area is 269 Å². The summed E-state index contributed by atoms with van der Waals surface area (Å²) in [7, 11) is -0.866. The molecular formula is C25H33FN11O10P. The number of alkyl halides is 1. The molecular weight excluding hydrogens is 664 g/mol. The third-order valence-electron chi connectivity index (χ3n) is 8.16. The molecule has 0 bridgehead atoms. The summed E-state index contributed by atoms with van der Waals surface area (Å²) in [5, 5.41) is 2.67. The predicted octanol–water partition coefficient (Wildman–Crippen LogP) is -0.827. The maximum Gasteiger partial charge on any atom is 0.472 e. The zero-order valence-corrected chi connectivity index (χ0v) is 26.6. The van der Waals surface area contributed by atoms with Crippen LogP contribution in [-0.4, -0.2) is 115 Å². The Morgan fingerprint density at radius 1 is 1.06 bits per heavy atom. The molecule has 2 saturated heterocycles. The minimum Gasteiger partial charge on any atom is -0.382 e. The SMILES string of the molecule is COC[C@H]1O[C@@H](n2cnc3c(N)ncnc32)[C@H](OC)[C@@H]1CC(=O)NC[C@H]1O[C@@H](n2cnc3c(=O)[nH]c(N)nc32)[C@H](F)[C@@H]1OP(=O)(O)OC. The van der Waals surface area contributed by atoms with Crippen molar-refractivity contribution in [2.75, 3.05) is 45.9 Å². The number of nitrogens with zero attached hydrogens (tertiary/aromatic N) is 7. The summed E-state index contributed by atoms with van der Waals surface area (Å²) in [5.74, 6) is -1.13. The van der Waals surface area contributed by atoms with Crippen molar-refractivity contribution in [3.63, 3.8) is 0 Å². The number of nitrogens with two attached hydrogens (primary N) is 2. The fourth-order valence-electron chi connectivity index (χ4n) is 5.96. The highest BCUT2D eigenvalue weighted by atomic mass is 31.2. The summed E-state index contributed by atoms with van der Waals surface area (Å²) in [5.41, 5.74) is 11.5. The standard InChI is InChI=1S/C25H33FN11O10P/c1-42-6-12-10(17(43-2)24(46-12)36-8-32-15-19(27)30-7-31-20(15)36)4-13(38)29-5-11-18(47-48(40,41)44-3)14(26)23(45-11)37-9-33-16-21(37)34-25(28)35-22(16)39/h7-12,14,17-18,23-24H,4-6H2,1-3H3,(H,29,38)(H,40,41)(H2,27,30,31)(H3,28,34,35,39)/t10-,11-,12-,14-,17-,18-,23-,24-/m1/s1. The molecule has 1 unspecified atom stereocenters. The third-order valence-corrected chi connectivity index (χ3v) is 9.13. The molecule has 48 heavy (non-hydrogen) atoms. The quantitative estimate of drug-likeness (QED) is 0.113. The van der Waals surface area contributed by atoms with Gasteiger partial charge in [0.25, 0.3) is 5.56 Å². The van der Waals surface area contributed by atoms with Crippen molar-refractivity contribution in [3.05, 3.63) is 29.3 Å². The number of H-pyrrole nitrogens is 1. The summed E-state index contributed by atoms with van der Waals surface area (Å²) in [6, 6.07) is 0. The lowest BCUT2D eigenvalue weighted by molar-refractivity contribution is -0.124. The number of phosphoric acid groups is 1. The third kappa shape index (κ3) is 6.23. The maximum atomic E-state index is 15.9. The number of nitrogen functional groups attached to an aromatic ring is 2. The Balaban J connectivity index is 1.20. The number of hydrogen-bond acceptors (Lipinski definition) is 16. The lowest BCUT2D eigenvalue weighted by Crippen LogP contribution is -2.42. The van der Waals surface area contributed by atoms with E-state index < -0.39 is 68.3 Å². The molecule has 6 rings (SSSR count). The van der Waals surface area contributed by atoms with Crippen LogP contribution in [0.5, 0.6) is 0 Å². The lowest BCUT2D eigenvalue weighted by Gasteiger charge is -2.24. The molecule has 260 valence electrons. The van der Waals surface area contributed by atoms with E-state index in [9.17, 15) is 19.0 Å². The van der Waals surface area contributed by atoms with Gasteiger partial charge in [0, 0.05) is 40.2 Å². The first kappa shape index (κ1) is 33.7. The first-order valence-electron chi connectivity index (χ1n) is 14.4. The number of aromatic amines is 1. The topological polar surface area (TPSA) is 281 Å². The van der Waals surface area contributed by atoms with Gasteiger partial charge in [-0.25, -0.2) is 28.9 Å². The fraction of sp³-hybridized carbons (Fsp3) is 0.560. The number of phosphoric ester groups is 1. The number of amides is 1. The maximum absolute atomic E-state index is 15.9. The number of fused-ring (bicyclic) bond motifs is 2. The monoisotopic (exact) mass is 697 g/mol. The van der Waals surface area contributed by atoms with Crippen LogP contribution >= 0.6 is 7.82 Å². The van der Waals surface area contributed by atoms with E-state index in [2.05, 4.69) is 39.7 Å². The summed E-state index contributed by atoms with van der Waals surface area (Å²) in [4.78, 5) is 58.4. The average Bonchev–Trinajstić information content (AvgIpc) is 3.81. The molecule has 2 aliphatic rings. The van der Waals surface area contributed by atoms with Gasteiger partial charge in [-0.1, -0.05) is 0 Å². The van der Waals surface area contributed by atoms with Crippen molar-refractivity contribution in [2.24, 2.45) is 5.92 Å². The van der Waals surface area contributed by atoms with Crippen LogP contribution in [-0.2, 0) is 37.4 Å². The van der Waals surface area contributed by atoms with Gasteiger partial charge in [-0.05, 0) is 0 Å². The largest absolute Gasteiger partial charge is 0.472 e. The molecule has 2 fully saturated rings. The Morgan fingerprint density at radius 3 is 2.48 bits per heavy atom. The van der Waals surface area contributed by atoms with E-state index in [0.717, 1.165) is 18.0 Å². The van der Waals surface area contributed by atoms with E-state index >= 15 is 4.39 Å². The highest BCUT2D eigenvalue weighted by Gasteiger charge is 2.51. The van der Waals surface area contributed by atoms with E-state index in [1.54, 1.807) is 4.57 Å². The Bertz CT molecular complexity index is 1910. The molecule has 4 aromatic rings. The number of aromatic nitrogens is 8. The number of hydrogen-bond donors (Lipinski definition) is 5. The minimum atomic E-state index is -4.74. The van der Waals surface area contributed by atoms with E-state index in [1.165, 1.54) is 26.9 Å². The number of carbonyl (C=O) groups excluding carboxylic acids is 1. The normalized spacial score (nSPS) is 28.7. The van der Waals surface area contributed by atoms with Gasteiger partial charge in [-0.3, -0.25) is 32.8 Å². The van der Waals surface area contributed by atoms with Crippen molar-refractivity contribution >= 4 is 47.8 Å². The number of ether oxygens (including phenoxy) is 4. The van der Waals surface area contributed by atoms with E-state index in [-0.39, 0.29) is 42.5 Å². The van der Waals surface area contributed by atoms with Crippen LogP contribution in [0, 0.1) is 5.92 Å². The van der Waals surface area contributed by atoms with Crippen molar-refractivity contribution in [1.82, 2.24) is 44.4 Å². The number of imidazole rings is 2. The highest BCUT2D eigenvalue weighted by Crippen LogP contribution is 2.48. The van der Waals surface area contributed by atoms with Crippen molar-refractivity contribution in [2.45, 2.75) is 49.5 Å². The van der Waals surface area contributed by atoms with Gasteiger partial charge in [0.2, 0.25) is 11.9 Å². The number of methoxy groups -OCH3 is 2. The van der Waals surface area contributed by atoms with Crippen LogP contribution in [0.2, 0.25) is 0 Å². The van der Waals surface area contributed by atoms with Crippen LogP contribution in [0.25, 0.3) is 22.3 Å². The van der Waals surface area contributed by atoms with E-state index in [1.807, 2.05) is 0 Å². The molecule has 0 aromatic carbocycles. The van der Waals surface area contributed by atoms with Gasteiger partial charge in [0.1, 0.15) is 30.2 Å². The Kier molecular flexibility index (Phi) is 9.42. The second kappa shape index (κ2) is 13.4. The molecule has 1 amide bonds. The molecule has 0 aliphatic carbocycles. The molecule has 0 spiro atoms. The van der Waals surface area contributed by atoms with Crippen LogP contribution in [0.1, 0.15) is 18.9 Å². The number of nitrogens with one attached hydrogen (secondary N) is 2. The van der Waals surface area contributed by atoms with E-state index in [0.29, 0.717) is 11.2 Å². The molecule has 21 nitrogen and oxygen atoms in total. The lowest BCUT2D eigenvalue weighted by atomic mass is 9.93. The molecule has 23 heteroatoms. The van der Waals surface area contributed by atoms with Gasteiger partial charge in [0.05, 0.1) is 25.4 Å². The van der Waals surface area contributed by atoms with Gasteiger partial charge in [-0.2, -0.15) is 4.98 Å². The van der Waals surface area contributed by atoms with Crippen molar-refractivity contribution < 1.29 is 46.6 Å². The highest BCUT2D eigenvalue weighted by molar-refractivity contribution is 7.47. The molecule has 9 atom stereocenters. The number of rotatable bonds is 12. The summed E-state index contributed by atoms with van der Waals surface area (Å²) in [6.45, 7) is -0.243. The van der Waals surface area contributed by atoms with Crippen LogP contribution in [0.4, 0.5) is 16.2 Å². The van der Waals surface area contributed by atoms with Crippen LogP contribution < -0.4 is 22.3 Å². The first-order valence-corrected chi connectivity index (χ1v) is 15.9. The zero-order valence-electron chi connectivity index (χ0n) is 25.7. The summed E-state index contributed by atoms with van der Waals surface area (Å²) >= 11 is 0. The van der Waals surface area contributed by atoms with Crippen molar-refractivity contribution in [1.29, 1.82) is 0 Å². The molecule has 0 saturated carbocycles. The molecule has 2 aliphatic heterocycles. The van der Waals surface area contributed by atoms with Gasteiger partial charge in [-0.15, -0.1) is 0 Å². The second-order valence-corrected chi connectivity index (χ2v) is 12.5. The average molecular weight is 698 g/mol. The zero-order chi connectivity index (χ0) is 34.3. The Morgan fingerprint density at radius 2 is 1.77 bits per heavy atom. The Hall–Kier alpha value is -4.15. The summed E-state index contributed by atoms with van der Waals surface area (Å²) in [6.07, 6.45) is -4.97. The number of anilines is 2. The fourth-order valence-corrected chi connectivity index (χ4v) is 6.61. The second-order valence-electron chi connectivity index (χ2n) is 11.0. The van der Waals surface area contributed by atoms with E-state index in [4.69, 9.17) is 34.9 Å². The van der Waals surface area contributed by atoms with Gasteiger partial charge < -0.3 is 40.6 Å². The van der Waals surface area contributed by atoms with Crippen molar-refractivity contribution in [3.8, 4) is 0 Å². The van der Waals surface area contributed by atoms with Gasteiger partial charge in [0.15, 0.2) is 41.3 Å². The van der Waals surface area contributed by atoms with Crippen LogP contribution in [0.3, 0.4) is 0 Å². The number of halogens is 1. The summed E-state index contributed by atoms with van der Waals surface area (Å²) < 4.78 is 63.9. The van der Waals surface area contributed by atoms with Crippen LogP contribution in [0.15, 0.2) is 23.8 Å². The molecule has 0 radical (unpaired) electrons. The molecule has 6 heterocycles. The predicted molar refractivity (Wildman–Crippen MR) is 161 cm³/mol. The minimum absolute atomic E-state index is 0.100. The first-order chi connectivity index (χ1) is 23.0. The smallest absolute Gasteiger partial charge is 0.382 e.